The van der Waals surface area contributed by atoms with Crippen molar-refractivity contribution in [2.45, 2.75) is 33.1 Å². The van der Waals surface area contributed by atoms with Gasteiger partial charge in [-0.25, -0.2) is 9.97 Å². The molecule has 110 valence electrons. The molecule has 1 rings (SSSR count). The molecule has 1 heterocycles. The number of hydrogen-bond acceptors (Lipinski definition) is 4. The zero-order valence-electron chi connectivity index (χ0n) is 11.7. The van der Waals surface area contributed by atoms with Crippen LogP contribution in [0.4, 0.5) is 0 Å². The van der Waals surface area contributed by atoms with E-state index in [0.717, 1.165) is 0 Å². The van der Waals surface area contributed by atoms with Crippen molar-refractivity contribution in [3.8, 4) is 0 Å². The molecule has 0 saturated carbocycles. The van der Waals surface area contributed by atoms with Crippen molar-refractivity contribution in [1.82, 2.24) is 15.3 Å². The van der Waals surface area contributed by atoms with E-state index in [1.807, 2.05) is 13.8 Å². The van der Waals surface area contributed by atoms with Gasteiger partial charge in [-0.2, -0.15) is 0 Å². The fourth-order valence-electron chi connectivity index (χ4n) is 1.54. The molecular weight excluding hydrogens is 282 g/mol. The largest absolute Gasteiger partial charge is 0.481 e. The molecule has 0 bridgehead atoms. The summed E-state index contributed by atoms with van der Waals surface area (Å²) in [4.78, 5) is 30.7. The van der Waals surface area contributed by atoms with Crippen molar-refractivity contribution in [2.24, 2.45) is 5.92 Å². The summed E-state index contributed by atoms with van der Waals surface area (Å²) < 4.78 is 0. The molecular formula is C13H18ClN3O3. The zero-order chi connectivity index (χ0) is 15.3. The van der Waals surface area contributed by atoms with Crippen LogP contribution in [-0.2, 0) is 4.79 Å². The Kier molecular flexibility index (Phi) is 5.88. The average Bonchev–Trinajstić information content (AvgIpc) is 2.35. The van der Waals surface area contributed by atoms with Gasteiger partial charge in [-0.05, 0) is 5.92 Å². The Morgan fingerprint density at radius 3 is 2.60 bits per heavy atom. The number of nitrogens with zero attached hydrogens (tertiary/aromatic N) is 2. The molecule has 6 nitrogen and oxygen atoms in total. The number of carbonyl (C=O) groups excluding carboxylic acids is 1. The number of aliphatic carboxylic acids is 1. The first kappa shape index (κ1) is 16.4. The van der Waals surface area contributed by atoms with E-state index in [0.29, 0.717) is 5.82 Å². The van der Waals surface area contributed by atoms with Crippen LogP contribution >= 0.6 is 11.6 Å². The number of aromatic nitrogens is 2. The number of rotatable bonds is 6. The number of carboxylic acid groups (broad SMARTS) is 1. The molecule has 0 aliphatic heterocycles. The van der Waals surface area contributed by atoms with E-state index in [4.69, 9.17) is 16.7 Å². The van der Waals surface area contributed by atoms with Crippen LogP contribution in [0.25, 0.3) is 0 Å². The normalized spacial score (nSPS) is 12.2. The van der Waals surface area contributed by atoms with Crippen molar-refractivity contribution in [3.63, 3.8) is 0 Å². The summed E-state index contributed by atoms with van der Waals surface area (Å²) in [7, 11) is 0. The number of halogens is 1. The molecule has 1 amide bonds. The predicted octanol–water partition coefficient (Wildman–Crippen LogP) is 2.09. The SMILES string of the molecule is CC(CNC(=O)c1nc(C(C)C)ncc1Cl)CC(=O)O. The lowest BCUT2D eigenvalue weighted by Crippen LogP contribution is -2.30. The first-order chi connectivity index (χ1) is 9.31. The second-order valence-corrected chi connectivity index (χ2v) is 5.40. The highest BCUT2D eigenvalue weighted by atomic mass is 35.5. The highest BCUT2D eigenvalue weighted by Gasteiger charge is 2.16. The second kappa shape index (κ2) is 7.19. The van der Waals surface area contributed by atoms with Gasteiger partial charge in [0.05, 0.1) is 11.2 Å². The van der Waals surface area contributed by atoms with Crippen molar-refractivity contribution in [2.75, 3.05) is 6.54 Å². The van der Waals surface area contributed by atoms with Crippen LogP contribution in [0.2, 0.25) is 5.02 Å². The molecule has 0 fully saturated rings. The lowest BCUT2D eigenvalue weighted by Gasteiger charge is -2.11. The molecule has 2 N–H and O–H groups in total. The van der Waals surface area contributed by atoms with Gasteiger partial charge in [-0.15, -0.1) is 0 Å². The molecule has 0 saturated heterocycles. The monoisotopic (exact) mass is 299 g/mol. The van der Waals surface area contributed by atoms with Gasteiger partial charge >= 0.3 is 5.97 Å². The maximum absolute atomic E-state index is 12.0. The third kappa shape index (κ3) is 4.77. The Bertz CT molecular complexity index is 506. The predicted molar refractivity (Wildman–Crippen MR) is 74.9 cm³/mol. The van der Waals surface area contributed by atoms with E-state index < -0.39 is 11.9 Å². The fourth-order valence-corrected chi connectivity index (χ4v) is 1.72. The van der Waals surface area contributed by atoms with Gasteiger partial charge in [-0.3, -0.25) is 9.59 Å². The van der Waals surface area contributed by atoms with Crippen LogP contribution in [0.15, 0.2) is 6.20 Å². The first-order valence-corrected chi connectivity index (χ1v) is 6.71. The highest BCUT2D eigenvalue weighted by Crippen LogP contribution is 2.16. The Labute approximate surface area is 122 Å². The molecule has 0 spiro atoms. The number of amides is 1. The highest BCUT2D eigenvalue weighted by molar-refractivity contribution is 6.33. The van der Waals surface area contributed by atoms with Crippen LogP contribution in [-0.4, -0.2) is 33.5 Å². The number of carbonyl (C=O) groups is 2. The molecule has 0 aliphatic rings. The van der Waals surface area contributed by atoms with Crippen molar-refractivity contribution in [1.29, 1.82) is 0 Å². The van der Waals surface area contributed by atoms with Crippen LogP contribution in [0.1, 0.15) is 49.4 Å². The fraction of sp³-hybridized carbons (Fsp3) is 0.538. The Morgan fingerprint density at radius 1 is 1.40 bits per heavy atom. The van der Waals surface area contributed by atoms with Gasteiger partial charge in [0.1, 0.15) is 11.5 Å². The first-order valence-electron chi connectivity index (χ1n) is 6.33. The maximum atomic E-state index is 12.0. The summed E-state index contributed by atoms with van der Waals surface area (Å²) in [6.45, 7) is 5.83. The number of carboxylic acids is 1. The summed E-state index contributed by atoms with van der Waals surface area (Å²) >= 11 is 5.92. The Balaban J connectivity index is 2.72. The lowest BCUT2D eigenvalue weighted by molar-refractivity contribution is -0.137. The molecule has 1 unspecified atom stereocenters. The topological polar surface area (TPSA) is 92.2 Å². The molecule has 20 heavy (non-hydrogen) atoms. The van der Waals surface area contributed by atoms with E-state index in [1.54, 1.807) is 6.92 Å². The van der Waals surface area contributed by atoms with Crippen LogP contribution < -0.4 is 5.32 Å². The van der Waals surface area contributed by atoms with E-state index in [2.05, 4.69) is 15.3 Å². The average molecular weight is 300 g/mol. The summed E-state index contributed by atoms with van der Waals surface area (Å²) in [5, 5.41) is 11.5. The summed E-state index contributed by atoms with van der Waals surface area (Å²) in [6.07, 6.45) is 1.40. The summed E-state index contributed by atoms with van der Waals surface area (Å²) in [5.41, 5.74) is 0.118. The third-order valence-electron chi connectivity index (χ3n) is 2.63. The van der Waals surface area contributed by atoms with Gasteiger partial charge in [-0.1, -0.05) is 32.4 Å². The zero-order valence-corrected chi connectivity index (χ0v) is 12.4. The van der Waals surface area contributed by atoms with Gasteiger partial charge < -0.3 is 10.4 Å². The van der Waals surface area contributed by atoms with Gasteiger partial charge in [0.2, 0.25) is 0 Å². The van der Waals surface area contributed by atoms with E-state index >= 15 is 0 Å². The maximum Gasteiger partial charge on any atom is 0.303 e. The smallest absolute Gasteiger partial charge is 0.303 e. The number of nitrogens with one attached hydrogen (secondary N) is 1. The molecule has 1 aromatic rings. The molecule has 7 heteroatoms. The second-order valence-electron chi connectivity index (χ2n) is 4.99. The minimum absolute atomic E-state index is 0.00493. The van der Waals surface area contributed by atoms with E-state index in [9.17, 15) is 9.59 Å². The standard InChI is InChI=1S/C13H18ClN3O3/c1-7(2)12-15-6-9(14)11(17-12)13(20)16-5-8(3)4-10(18)19/h6-8H,4-5H2,1-3H3,(H,16,20)(H,18,19). The quantitative estimate of drug-likeness (QED) is 0.839. The van der Waals surface area contributed by atoms with Crippen molar-refractivity contribution in [3.05, 3.63) is 22.7 Å². The summed E-state index contributed by atoms with van der Waals surface area (Å²) in [6, 6.07) is 0. The Morgan fingerprint density at radius 2 is 2.05 bits per heavy atom. The minimum atomic E-state index is -0.895. The van der Waals surface area contributed by atoms with E-state index in [1.165, 1.54) is 6.20 Å². The van der Waals surface area contributed by atoms with Gasteiger partial charge in [0.25, 0.3) is 5.91 Å². The van der Waals surface area contributed by atoms with Crippen LogP contribution in [0.3, 0.4) is 0 Å². The van der Waals surface area contributed by atoms with Gasteiger partial charge in [0.15, 0.2) is 0 Å². The van der Waals surface area contributed by atoms with Crippen LogP contribution in [0, 0.1) is 5.92 Å². The van der Waals surface area contributed by atoms with Crippen molar-refractivity contribution >= 4 is 23.5 Å². The molecule has 1 atom stereocenters. The summed E-state index contributed by atoms with van der Waals surface area (Å²) in [5.74, 6) is -0.852. The molecule has 0 aliphatic carbocycles. The number of hydrogen-bond donors (Lipinski definition) is 2. The van der Waals surface area contributed by atoms with Crippen molar-refractivity contribution < 1.29 is 14.7 Å². The molecule has 1 aromatic heterocycles. The third-order valence-corrected chi connectivity index (χ3v) is 2.90. The minimum Gasteiger partial charge on any atom is -0.481 e. The lowest BCUT2D eigenvalue weighted by atomic mass is 10.1. The Hall–Kier alpha value is -1.69. The molecule has 0 aromatic carbocycles. The van der Waals surface area contributed by atoms with Crippen LogP contribution in [0.5, 0.6) is 0 Å². The molecule has 0 radical (unpaired) electrons. The van der Waals surface area contributed by atoms with E-state index in [-0.39, 0.29) is 35.5 Å². The van der Waals surface area contributed by atoms with Gasteiger partial charge in [0, 0.05) is 18.9 Å².